The molecule has 2 fully saturated rings. The Labute approximate surface area is 232 Å². The second-order valence-electron chi connectivity index (χ2n) is 11.3. The summed E-state index contributed by atoms with van der Waals surface area (Å²) in [5.41, 5.74) is 1.39. The Morgan fingerprint density at radius 2 is 2.02 bits per heavy atom. The number of piperidine rings is 1. The number of nitrogens with one attached hydrogen (secondary N) is 2. The molecule has 2 aliphatic rings. The van der Waals surface area contributed by atoms with Crippen LogP contribution in [0.15, 0.2) is 30.6 Å². The SMILES string of the molecule is CC(C)n1nccc1C(=O)N[C@H](c1cn2nc(CC3C[C@H](C(F)(F)F)CNC3=O)ccc2n1)[C@H]1CCCC(F)(F)C1. The van der Waals surface area contributed by atoms with Crippen LogP contribution in [0.3, 0.4) is 0 Å². The van der Waals surface area contributed by atoms with Gasteiger partial charge >= 0.3 is 6.18 Å². The number of halogens is 5. The van der Waals surface area contributed by atoms with Crippen LogP contribution in [0.4, 0.5) is 22.0 Å². The summed E-state index contributed by atoms with van der Waals surface area (Å²) in [5.74, 6) is -6.91. The van der Waals surface area contributed by atoms with Gasteiger partial charge in [0.25, 0.3) is 5.91 Å². The van der Waals surface area contributed by atoms with E-state index in [4.69, 9.17) is 0 Å². The van der Waals surface area contributed by atoms with Crippen molar-refractivity contribution in [3.8, 4) is 0 Å². The number of rotatable bonds is 7. The van der Waals surface area contributed by atoms with Gasteiger partial charge in [0.05, 0.1) is 29.5 Å². The van der Waals surface area contributed by atoms with Crippen molar-refractivity contribution in [2.24, 2.45) is 17.8 Å². The van der Waals surface area contributed by atoms with Crippen molar-refractivity contribution in [1.82, 2.24) is 35.0 Å². The lowest BCUT2D eigenvalue weighted by Gasteiger charge is -2.34. The van der Waals surface area contributed by atoms with E-state index in [9.17, 15) is 31.5 Å². The van der Waals surface area contributed by atoms with E-state index in [-0.39, 0.29) is 25.3 Å². The minimum atomic E-state index is -4.41. The van der Waals surface area contributed by atoms with Crippen molar-refractivity contribution in [2.75, 3.05) is 6.54 Å². The van der Waals surface area contributed by atoms with E-state index in [0.717, 1.165) is 0 Å². The third kappa shape index (κ3) is 6.35. The summed E-state index contributed by atoms with van der Waals surface area (Å²) in [6.45, 7) is 3.30. The Kier molecular flexibility index (Phi) is 7.77. The molecule has 1 saturated carbocycles. The highest BCUT2D eigenvalue weighted by atomic mass is 19.4. The molecule has 0 bridgehead atoms. The van der Waals surface area contributed by atoms with Crippen LogP contribution in [0.25, 0.3) is 5.65 Å². The number of amides is 2. The zero-order valence-corrected chi connectivity index (χ0v) is 22.7. The third-order valence-electron chi connectivity index (χ3n) is 7.92. The van der Waals surface area contributed by atoms with Crippen LogP contribution in [0.2, 0.25) is 0 Å². The lowest BCUT2D eigenvalue weighted by Crippen LogP contribution is -2.47. The van der Waals surface area contributed by atoms with Gasteiger partial charge in [-0.1, -0.05) is 0 Å². The zero-order chi connectivity index (χ0) is 29.5. The summed E-state index contributed by atoms with van der Waals surface area (Å²) in [6, 6.07) is 3.81. The molecule has 4 atom stereocenters. The normalized spacial score (nSPS) is 23.9. The van der Waals surface area contributed by atoms with E-state index in [0.29, 0.717) is 35.6 Å². The number of fused-ring (bicyclic) bond motifs is 1. The highest BCUT2D eigenvalue weighted by Crippen LogP contribution is 2.42. The Morgan fingerprint density at radius 1 is 1.24 bits per heavy atom. The van der Waals surface area contributed by atoms with Gasteiger partial charge in [-0.3, -0.25) is 14.3 Å². The maximum Gasteiger partial charge on any atom is 0.393 e. The molecule has 41 heavy (non-hydrogen) atoms. The third-order valence-corrected chi connectivity index (χ3v) is 7.92. The zero-order valence-electron chi connectivity index (χ0n) is 22.7. The fraction of sp³-hybridized carbons (Fsp3) is 0.593. The molecule has 5 rings (SSSR count). The molecule has 0 aromatic carbocycles. The molecule has 222 valence electrons. The molecule has 3 aromatic rings. The molecule has 2 amide bonds. The van der Waals surface area contributed by atoms with E-state index >= 15 is 0 Å². The van der Waals surface area contributed by atoms with Gasteiger partial charge in [0.2, 0.25) is 11.8 Å². The summed E-state index contributed by atoms with van der Waals surface area (Å²) in [7, 11) is 0. The minimum absolute atomic E-state index is 0.00390. The van der Waals surface area contributed by atoms with Gasteiger partial charge in [-0.15, -0.1) is 0 Å². The predicted octanol–water partition coefficient (Wildman–Crippen LogP) is 4.66. The first-order chi connectivity index (χ1) is 19.3. The van der Waals surface area contributed by atoms with E-state index < -0.39 is 60.7 Å². The number of imidazole rings is 1. The second-order valence-corrected chi connectivity index (χ2v) is 11.3. The quantitative estimate of drug-likeness (QED) is 0.395. The van der Waals surface area contributed by atoms with Crippen molar-refractivity contribution < 1.29 is 31.5 Å². The summed E-state index contributed by atoms with van der Waals surface area (Å²) >= 11 is 0. The first-order valence-corrected chi connectivity index (χ1v) is 13.7. The monoisotopic (exact) mass is 581 g/mol. The van der Waals surface area contributed by atoms with Crippen molar-refractivity contribution in [3.05, 3.63) is 47.7 Å². The molecule has 1 aliphatic heterocycles. The van der Waals surface area contributed by atoms with Crippen LogP contribution in [-0.4, -0.2) is 54.8 Å². The van der Waals surface area contributed by atoms with Crippen molar-refractivity contribution in [2.45, 2.75) is 76.6 Å². The van der Waals surface area contributed by atoms with Crippen LogP contribution in [0.1, 0.15) is 79.9 Å². The molecule has 14 heteroatoms. The molecule has 9 nitrogen and oxygen atoms in total. The molecule has 1 saturated heterocycles. The number of carbonyl (C=O) groups is 2. The van der Waals surface area contributed by atoms with Gasteiger partial charge in [0.1, 0.15) is 5.69 Å². The molecule has 3 aromatic heterocycles. The molecular weight excluding hydrogens is 549 g/mol. The van der Waals surface area contributed by atoms with Crippen LogP contribution in [-0.2, 0) is 11.2 Å². The first-order valence-electron chi connectivity index (χ1n) is 13.7. The molecule has 2 N–H and O–H groups in total. The fourth-order valence-electron chi connectivity index (χ4n) is 5.83. The number of nitrogens with zero attached hydrogens (tertiary/aromatic N) is 5. The highest BCUT2D eigenvalue weighted by Gasteiger charge is 2.45. The lowest BCUT2D eigenvalue weighted by molar-refractivity contribution is -0.183. The summed E-state index contributed by atoms with van der Waals surface area (Å²) in [4.78, 5) is 30.2. The van der Waals surface area contributed by atoms with Crippen molar-refractivity contribution in [3.63, 3.8) is 0 Å². The van der Waals surface area contributed by atoms with Gasteiger partial charge in [-0.05, 0) is 57.2 Å². The fourth-order valence-corrected chi connectivity index (χ4v) is 5.83. The van der Waals surface area contributed by atoms with E-state index in [2.05, 4.69) is 25.8 Å². The standard InChI is InChI=1S/C27H32F5N7O2/c1-15(2)39-21(7-9-34-39)25(41)36-23(16-4-3-8-26(28,29)12-16)20-14-38-22(35-20)6-5-19(37-38)11-17-10-18(27(30,31)32)13-33-24(17)40/h5-7,9,14-18,23H,3-4,8,10-13H2,1-2H3,(H,33,40)(H,36,41)/t16-,17?,18-,23-/m0/s1. The topological polar surface area (TPSA) is 106 Å². The Balaban J connectivity index is 1.41. The summed E-state index contributed by atoms with van der Waals surface area (Å²) in [6.07, 6.45) is -1.58. The van der Waals surface area contributed by atoms with Crippen LogP contribution in [0, 0.1) is 17.8 Å². The molecule has 4 heterocycles. The highest BCUT2D eigenvalue weighted by molar-refractivity contribution is 5.92. The van der Waals surface area contributed by atoms with E-state index in [1.165, 1.54) is 16.9 Å². The molecule has 1 aliphatic carbocycles. The smallest absolute Gasteiger partial charge is 0.355 e. The van der Waals surface area contributed by atoms with Crippen LogP contribution < -0.4 is 10.6 Å². The van der Waals surface area contributed by atoms with Crippen LogP contribution in [0.5, 0.6) is 0 Å². The number of hydrogen-bond acceptors (Lipinski definition) is 5. The number of carbonyl (C=O) groups excluding carboxylic acids is 2. The van der Waals surface area contributed by atoms with Gasteiger partial charge in [-0.2, -0.15) is 23.4 Å². The minimum Gasteiger partial charge on any atom is -0.355 e. The Morgan fingerprint density at radius 3 is 2.73 bits per heavy atom. The van der Waals surface area contributed by atoms with Crippen molar-refractivity contribution in [1.29, 1.82) is 0 Å². The predicted molar refractivity (Wildman–Crippen MR) is 137 cm³/mol. The average Bonchev–Trinajstić information content (AvgIpc) is 3.54. The summed E-state index contributed by atoms with van der Waals surface area (Å²) in [5, 5.41) is 13.9. The maximum atomic E-state index is 14.5. The largest absolute Gasteiger partial charge is 0.393 e. The van der Waals surface area contributed by atoms with Gasteiger partial charge < -0.3 is 10.6 Å². The summed E-state index contributed by atoms with van der Waals surface area (Å²) < 4.78 is 71.6. The van der Waals surface area contributed by atoms with Gasteiger partial charge in [0.15, 0.2) is 5.65 Å². The Hall–Kier alpha value is -3.58. The average molecular weight is 582 g/mol. The number of aromatic nitrogens is 5. The van der Waals surface area contributed by atoms with Crippen molar-refractivity contribution >= 4 is 17.5 Å². The number of hydrogen-bond donors (Lipinski definition) is 2. The van der Waals surface area contributed by atoms with E-state index in [1.54, 1.807) is 22.9 Å². The second kappa shape index (κ2) is 11.0. The molecule has 0 spiro atoms. The maximum absolute atomic E-state index is 14.5. The van der Waals surface area contributed by atoms with Gasteiger partial charge in [-0.25, -0.2) is 18.3 Å². The lowest BCUT2D eigenvalue weighted by atomic mass is 9.80. The Bertz CT molecular complexity index is 1420. The number of alkyl halides is 5. The van der Waals surface area contributed by atoms with E-state index in [1.807, 2.05) is 13.8 Å². The molecular formula is C27H32F5N7O2. The molecule has 1 unspecified atom stereocenters. The first kappa shape index (κ1) is 28.9. The molecule has 0 radical (unpaired) electrons. The van der Waals surface area contributed by atoms with Crippen LogP contribution >= 0.6 is 0 Å². The van der Waals surface area contributed by atoms with Gasteiger partial charge in [0, 0.05) is 44.0 Å².